The van der Waals surface area contributed by atoms with Gasteiger partial charge in [0, 0.05) is 19.3 Å². The molecular weight excluding hydrogens is 817 g/mol. The molecular formula is C60H98O6. The molecule has 0 amide bonds. The van der Waals surface area contributed by atoms with Crippen molar-refractivity contribution in [1.82, 2.24) is 0 Å². The Labute approximate surface area is 406 Å². The maximum absolute atomic E-state index is 12.8. The molecule has 0 aliphatic carbocycles. The fourth-order valence-corrected chi connectivity index (χ4v) is 6.95. The Morgan fingerprint density at radius 3 is 0.985 bits per heavy atom. The van der Waals surface area contributed by atoms with Gasteiger partial charge in [-0.2, -0.15) is 0 Å². The molecule has 1 atom stereocenters. The van der Waals surface area contributed by atoms with Crippen molar-refractivity contribution in [1.29, 1.82) is 0 Å². The second-order valence-corrected chi connectivity index (χ2v) is 17.4. The van der Waals surface area contributed by atoms with Crippen LogP contribution >= 0.6 is 0 Å². The van der Waals surface area contributed by atoms with Crippen molar-refractivity contribution in [2.45, 2.75) is 239 Å². The molecule has 0 saturated heterocycles. The maximum atomic E-state index is 12.8. The lowest BCUT2D eigenvalue weighted by atomic mass is 10.1. The largest absolute Gasteiger partial charge is 0.462 e. The van der Waals surface area contributed by atoms with Gasteiger partial charge in [0.1, 0.15) is 13.2 Å². The van der Waals surface area contributed by atoms with Crippen molar-refractivity contribution in [2.75, 3.05) is 13.2 Å². The topological polar surface area (TPSA) is 78.9 Å². The van der Waals surface area contributed by atoms with Crippen molar-refractivity contribution in [3.05, 3.63) is 109 Å². The van der Waals surface area contributed by atoms with Crippen LogP contribution in [0.2, 0.25) is 0 Å². The van der Waals surface area contributed by atoms with E-state index >= 15 is 0 Å². The first kappa shape index (κ1) is 62.1. The molecule has 0 saturated carbocycles. The summed E-state index contributed by atoms with van der Waals surface area (Å²) in [4.78, 5) is 38.0. The predicted octanol–water partition coefficient (Wildman–Crippen LogP) is 17.9. The summed E-state index contributed by atoms with van der Waals surface area (Å²) in [6.07, 6.45) is 72.2. The van der Waals surface area contributed by atoms with Gasteiger partial charge in [-0.3, -0.25) is 14.4 Å². The van der Waals surface area contributed by atoms with Crippen LogP contribution in [0.15, 0.2) is 109 Å². The van der Waals surface area contributed by atoms with E-state index in [2.05, 4.69) is 130 Å². The van der Waals surface area contributed by atoms with Crippen LogP contribution in [-0.4, -0.2) is 37.2 Å². The Balaban J connectivity index is 4.50. The number of ether oxygens (including phenoxy) is 3. The third-order valence-electron chi connectivity index (χ3n) is 11.0. The molecule has 0 heterocycles. The monoisotopic (exact) mass is 915 g/mol. The van der Waals surface area contributed by atoms with Gasteiger partial charge in [-0.05, 0) is 122 Å². The first-order chi connectivity index (χ1) is 32.5. The van der Waals surface area contributed by atoms with E-state index in [4.69, 9.17) is 14.2 Å². The molecule has 0 spiro atoms. The number of hydrogen-bond donors (Lipinski definition) is 0. The number of rotatable bonds is 47. The summed E-state index contributed by atoms with van der Waals surface area (Å²) in [5, 5.41) is 0. The van der Waals surface area contributed by atoms with Crippen molar-refractivity contribution in [2.24, 2.45) is 0 Å². The Hall–Kier alpha value is -3.93. The molecule has 0 aromatic heterocycles. The molecule has 66 heavy (non-hydrogen) atoms. The smallest absolute Gasteiger partial charge is 0.306 e. The lowest BCUT2D eigenvalue weighted by Crippen LogP contribution is -2.30. The fraction of sp³-hybridized carbons (Fsp3) is 0.650. The highest BCUT2D eigenvalue weighted by atomic mass is 16.6. The molecule has 0 rings (SSSR count). The van der Waals surface area contributed by atoms with E-state index in [-0.39, 0.29) is 37.5 Å². The van der Waals surface area contributed by atoms with Crippen molar-refractivity contribution in [3.63, 3.8) is 0 Å². The van der Waals surface area contributed by atoms with Crippen LogP contribution in [0.4, 0.5) is 0 Å². The first-order valence-corrected chi connectivity index (χ1v) is 26.9. The van der Waals surface area contributed by atoms with Gasteiger partial charge < -0.3 is 14.2 Å². The van der Waals surface area contributed by atoms with E-state index in [1.54, 1.807) is 0 Å². The number of unbranched alkanes of at least 4 members (excludes halogenated alkanes) is 18. The molecule has 0 bridgehead atoms. The highest BCUT2D eigenvalue weighted by Crippen LogP contribution is 2.13. The summed E-state index contributed by atoms with van der Waals surface area (Å²) in [6.45, 7) is 6.40. The standard InChI is InChI=1S/C60H98O6/c1-4-7-10-13-16-19-22-25-27-29-30-32-33-35-38-41-44-47-50-53-59(62)65-56-57(55-64-58(61)52-49-46-43-40-37-24-21-18-15-12-9-6-3)66-60(63)54-51-48-45-42-39-36-34-31-28-26-23-20-17-14-11-8-5-2/h7,10,16-21,25-28,30,32,34,36,42,45,57H,4-6,8-9,11-15,22-24,29,31,33,35,37-41,43-44,46-56H2,1-3H3/b10-7-,19-16-,20-17-,21-18-,27-25-,28-26-,32-30-,36-34-,45-42-. The summed E-state index contributed by atoms with van der Waals surface area (Å²) < 4.78 is 16.7. The molecule has 0 fully saturated rings. The van der Waals surface area contributed by atoms with Gasteiger partial charge in [-0.15, -0.1) is 0 Å². The molecule has 0 N–H and O–H groups in total. The molecule has 0 aliphatic heterocycles. The lowest BCUT2D eigenvalue weighted by molar-refractivity contribution is -0.167. The summed E-state index contributed by atoms with van der Waals surface area (Å²) in [6, 6.07) is 0. The van der Waals surface area contributed by atoms with Crippen LogP contribution in [0.5, 0.6) is 0 Å². The summed E-state index contributed by atoms with van der Waals surface area (Å²) in [5.74, 6) is -0.994. The average Bonchev–Trinajstić information content (AvgIpc) is 3.31. The van der Waals surface area contributed by atoms with Crippen LogP contribution in [0.3, 0.4) is 0 Å². The third-order valence-corrected chi connectivity index (χ3v) is 11.0. The Kier molecular flexibility index (Phi) is 50.5. The summed E-state index contributed by atoms with van der Waals surface area (Å²) in [5.41, 5.74) is 0. The molecule has 0 radical (unpaired) electrons. The number of hydrogen-bond acceptors (Lipinski definition) is 6. The number of esters is 3. The van der Waals surface area contributed by atoms with Gasteiger partial charge in [0.15, 0.2) is 6.10 Å². The molecule has 1 unspecified atom stereocenters. The SMILES string of the molecule is CC/C=C\C/C=C\C/C=C\C/C=C\CCCCCCCCC(=O)OCC(COC(=O)CCCCCCC/C=C\CCCCC)OC(=O)CCC/C=C\C/C=C\C/C=C\C/C=C\CCCCC. The highest BCUT2D eigenvalue weighted by Gasteiger charge is 2.19. The Bertz CT molecular complexity index is 1370. The van der Waals surface area contributed by atoms with E-state index < -0.39 is 6.10 Å². The van der Waals surface area contributed by atoms with E-state index in [1.165, 1.54) is 70.6 Å². The van der Waals surface area contributed by atoms with E-state index in [0.29, 0.717) is 19.3 Å². The number of carbonyl (C=O) groups is 3. The summed E-state index contributed by atoms with van der Waals surface area (Å²) in [7, 11) is 0. The first-order valence-electron chi connectivity index (χ1n) is 26.9. The average molecular weight is 915 g/mol. The predicted molar refractivity (Wildman–Crippen MR) is 283 cm³/mol. The van der Waals surface area contributed by atoms with Gasteiger partial charge in [-0.25, -0.2) is 0 Å². The second-order valence-electron chi connectivity index (χ2n) is 17.4. The quantitative estimate of drug-likeness (QED) is 0.0262. The van der Waals surface area contributed by atoms with Crippen LogP contribution in [0, 0.1) is 0 Å². The third kappa shape index (κ3) is 51.1. The minimum atomic E-state index is -0.817. The van der Waals surface area contributed by atoms with E-state index in [0.717, 1.165) is 116 Å². The van der Waals surface area contributed by atoms with Crippen molar-refractivity contribution in [3.8, 4) is 0 Å². The summed E-state index contributed by atoms with van der Waals surface area (Å²) >= 11 is 0. The molecule has 0 aliphatic rings. The van der Waals surface area contributed by atoms with Crippen LogP contribution < -0.4 is 0 Å². The number of carbonyl (C=O) groups excluding carboxylic acids is 3. The van der Waals surface area contributed by atoms with Crippen LogP contribution in [0.1, 0.15) is 233 Å². The number of allylic oxidation sites excluding steroid dienone is 18. The molecule has 0 aromatic carbocycles. The van der Waals surface area contributed by atoms with Gasteiger partial charge >= 0.3 is 17.9 Å². The zero-order chi connectivity index (χ0) is 47.9. The van der Waals surface area contributed by atoms with E-state index in [9.17, 15) is 14.4 Å². The zero-order valence-electron chi connectivity index (χ0n) is 42.7. The lowest BCUT2D eigenvalue weighted by Gasteiger charge is -2.18. The highest BCUT2D eigenvalue weighted by molar-refractivity contribution is 5.71. The minimum Gasteiger partial charge on any atom is -0.462 e. The van der Waals surface area contributed by atoms with E-state index in [1.807, 2.05) is 0 Å². The van der Waals surface area contributed by atoms with Gasteiger partial charge in [0.25, 0.3) is 0 Å². The van der Waals surface area contributed by atoms with Crippen LogP contribution in [-0.2, 0) is 28.6 Å². The molecule has 374 valence electrons. The molecule has 0 aromatic rings. The minimum absolute atomic E-state index is 0.111. The van der Waals surface area contributed by atoms with Gasteiger partial charge in [0.2, 0.25) is 0 Å². The van der Waals surface area contributed by atoms with Crippen molar-refractivity contribution < 1.29 is 28.6 Å². The Morgan fingerprint density at radius 1 is 0.318 bits per heavy atom. The molecule has 6 nitrogen and oxygen atoms in total. The van der Waals surface area contributed by atoms with Crippen LogP contribution in [0.25, 0.3) is 0 Å². The second kappa shape index (κ2) is 53.7. The fourth-order valence-electron chi connectivity index (χ4n) is 6.95. The Morgan fingerprint density at radius 2 is 0.606 bits per heavy atom. The zero-order valence-corrected chi connectivity index (χ0v) is 42.7. The van der Waals surface area contributed by atoms with Gasteiger partial charge in [-0.1, -0.05) is 201 Å². The van der Waals surface area contributed by atoms with Gasteiger partial charge in [0.05, 0.1) is 0 Å². The molecule has 6 heteroatoms. The normalized spacial score (nSPS) is 13.0. The van der Waals surface area contributed by atoms with Crippen molar-refractivity contribution >= 4 is 17.9 Å². The maximum Gasteiger partial charge on any atom is 0.306 e.